The quantitative estimate of drug-likeness (QED) is 0.179. The Morgan fingerprint density at radius 2 is 1.52 bits per heavy atom. The molecule has 5 unspecified atom stereocenters. The third kappa shape index (κ3) is 5.12. The van der Waals surface area contributed by atoms with E-state index >= 15 is 0 Å². The van der Waals surface area contributed by atoms with Gasteiger partial charge in [-0.2, -0.15) is 0 Å². The number of hydrogen-bond donors (Lipinski definition) is 4. The number of esters is 2. The number of carbonyl (C=O) groups is 2. The standard InChI is InChI=1S/C44H54O12/c1-24(2)40-21-29(22-51-37(47)27-16-10-7-11-17-27)43-32-35(40)54-44(55-40,56-43)30(46)20-14-6-5-9-15-25(3)31-26(4)34(52-38(48)28-18-12-8-13-19-28)42(50,33(31)43)39(49)41(23-45)36(32)53-41/h7-8,10-13,16-19,25-26,29-36,39,45-46,49-50H,1,5-6,9,14-15,20-23H2,2-4H3/t25?,26?,29-,30+,31-,32+,33+,34-,35+,36?,39+,40?,41-,42+,43+,44?/m0/s1. The van der Waals surface area contributed by atoms with Crippen LogP contribution in [-0.2, 0) is 28.4 Å². The first-order valence-electron chi connectivity index (χ1n) is 20.4. The van der Waals surface area contributed by atoms with Gasteiger partial charge in [0, 0.05) is 17.8 Å². The third-order valence-electron chi connectivity index (χ3n) is 14.9. The van der Waals surface area contributed by atoms with Crippen LogP contribution in [0.3, 0.4) is 0 Å². The highest BCUT2D eigenvalue weighted by molar-refractivity contribution is 5.90. The minimum Gasteiger partial charge on any atom is -0.462 e. The summed E-state index contributed by atoms with van der Waals surface area (Å²) in [6.45, 7) is 9.43. The van der Waals surface area contributed by atoms with E-state index in [-0.39, 0.29) is 24.5 Å². The molecule has 12 nitrogen and oxygen atoms in total. The van der Waals surface area contributed by atoms with Crippen molar-refractivity contribution in [2.75, 3.05) is 13.2 Å². The molecule has 0 aromatic heterocycles. The van der Waals surface area contributed by atoms with Gasteiger partial charge in [-0.05, 0) is 67.4 Å². The lowest BCUT2D eigenvalue weighted by Crippen LogP contribution is -2.75. The molecule has 4 heterocycles. The Bertz CT molecular complexity index is 1860. The number of epoxide rings is 1. The van der Waals surface area contributed by atoms with Gasteiger partial charge in [0.1, 0.15) is 47.3 Å². The Kier molecular flexibility index (Phi) is 9.19. The third-order valence-corrected chi connectivity index (χ3v) is 14.9. The first-order chi connectivity index (χ1) is 26.8. The van der Waals surface area contributed by atoms with Crippen LogP contribution in [-0.4, -0.2) is 104 Å². The van der Waals surface area contributed by atoms with Crippen LogP contribution >= 0.6 is 0 Å². The summed E-state index contributed by atoms with van der Waals surface area (Å²) in [5.41, 5.74) is -5.58. The monoisotopic (exact) mass is 774 g/mol. The molecule has 7 fully saturated rings. The molecule has 4 N–H and O–H groups in total. The van der Waals surface area contributed by atoms with Crippen LogP contribution in [0.15, 0.2) is 72.8 Å². The number of ether oxygens (including phenoxy) is 6. The van der Waals surface area contributed by atoms with Gasteiger partial charge in [-0.15, -0.1) is 0 Å². The van der Waals surface area contributed by atoms with Crippen molar-refractivity contribution < 1.29 is 58.4 Å². The van der Waals surface area contributed by atoms with Gasteiger partial charge in [-0.1, -0.05) is 88.9 Å². The molecule has 4 aliphatic heterocycles. The Morgan fingerprint density at radius 1 is 0.875 bits per heavy atom. The van der Waals surface area contributed by atoms with Gasteiger partial charge in [0.2, 0.25) is 0 Å². The van der Waals surface area contributed by atoms with E-state index < -0.39 is 107 Å². The molecule has 2 aromatic rings. The number of aliphatic hydroxyl groups is 4. The topological polar surface area (TPSA) is 174 Å². The summed E-state index contributed by atoms with van der Waals surface area (Å²) in [4.78, 5) is 27.7. The van der Waals surface area contributed by atoms with Gasteiger partial charge in [0.25, 0.3) is 0 Å². The van der Waals surface area contributed by atoms with Crippen molar-refractivity contribution in [2.45, 2.75) is 125 Å². The molecular formula is C44H54O12. The molecule has 16 atom stereocenters. The highest BCUT2D eigenvalue weighted by Gasteiger charge is 2.91. The smallest absolute Gasteiger partial charge is 0.338 e. The molecule has 3 bridgehead atoms. The van der Waals surface area contributed by atoms with Crippen molar-refractivity contribution in [3.8, 4) is 0 Å². The molecule has 3 saturated carbocycles. The maximum Gasteiger partial charge on any atom is 0.338 e. The average Bonchev–Trinajstić information content (AvgIpc) is 3.84. The van der Waals surface area contributed by atoms with Crippen molar-refractivity contribution >= 4 is 11.9 Å². The zero-order chi connectivity index (χ0) is 39.4. The molecule has 7 aliphatic rings. The van der Waals surface area contributed by atoms with Crippen molar-refractivity contribution in [1.82, 2.24) is 0 Å². The molecular weight excluding hydrogens is 720 g/mol. The summed E-state index contributed by atoms with van der Waals surface area (Å²) < 4.78 is 40.4. The van der Waals surface area contributed by atoms with E-state index in [1.807, 2.05) is 19.9 Å². The number of hydrogen-bond acceptors (Lipinski definition) is 12. The first-order valence-corrected chi connectivity index (χ1v) is 20.4. The second-order valence-corrected chi connectivity index (χ2v) is 17.8. The molecule has 2 aromatic carbocycles. The number of aliphatic hydroxyl groups excluding tert-OH is 3. The van der Waals surface area contributed by atoms with Crippen LogP contribution < -0.4 is 0 Å². The van der Waals surface area contributed by atoms with E-state index in [4.69, 9.17) is 28.4 Å². The Hall–Kier alpha value is -3.20. The van der Waals surface area contributed by atoms with E-state index in [1.54, 1.807) is 54.6 Å². The second kappa shape index (κ2) is 13.4. The zero-order valence-corrected chi connectivity index (χ0v) is 32.3. The van der Waals surface area contributed by atoms with Crippen LogP contribution in [0.25, 0.3) is 0 Å². The number of carbonyl (C=O) groups excluding carboxylic acids is 2. The largest absolute Gasteiger partial charge is 0.462 e. The average molecular weight is 775 g/mol. The van der Waals surface area contributed by atoms with Gasteiger partial charge >= 0.3 is 17.9 Å². The fourth-order valence-electron chi connectivity index (χ4n) is 12.4. The van der Waals surface area contributed by atoms with E-state index in [1.165, 1.54) is 0 Å². The summed E-state index contributed by atoms with van der Waals surface area (Å²) in [6.07, 6.45) is -1.51. The fourth-order valence-corrected chi connectivity index (χ4v) is 12.4. The maximum atomic E-state index is 14.0. The number of rotatable bonds is 7. The minimum atomic E-state index is -2.27. The lowest BCUT2D eigenvalue weighted by Gasteiger charge is -2.62. The predicted octanol–water partition coefficient (Wildman–Crippen LogP) is 4.33. The lowest BCUT2D eigenvalue weighted by atomic mass is 9.51. The van der Waals surface area contributed by atoms with Gasteiger partial charge in [-0.3, -0.25) is 0 Å². The van der Waals surface area contributed by atoms with Crippen LogP contribution in [0.1, 0.15) is 86.4 Å². The van der Waals surface area contributed by atoms with Crippen LogP contribution in [0.2, 0.25) is 0 Å². The SMILES string of the molecule is C=C(C)C12C[C@@H](COC(=O)c3ccccc3)[C@@]34OC5(O[C@@H]1[C@@H]3C1O[C@]1(CO)[C@@H](O)[C@@]1(O)[C@H]4[C@@H](C(C)CCCCCC[C@H]5O)C(C)[C@@H]1OC(=O)c1ccccc1)O2. The van der Waals surface area contributed by atoms with E-state index in [2.05, 4.69) is 13.5 Å². The van der Waals surface area contributed by atoms with Crippen LogP contribution in [0.4, 0.5) is 0 Å². The van der Waals surface area contributed by atoms with Gasteiger partial charge in [0.15, 0.2) is 0 Å². The molecule has 12 heteroatoms. The first kappa shape index (κ1) is 38.3. The number of fused-ring (bicyclic) bond motifs is 1. The summed E-state index contributed by atoms with van der Waals surface area (Å²) >= 11 is 0. The Morgan fingerprint density at radius 3 is 2.16 bits per heavy atom. The summed E-state index contributed by atoms with van der Waals surface area (Å²) in [5, 5.41) is 50.1. The van der Waals surface area contributed by atoms with Gasteiger partial charge in [0.05, 0.1) is 29.9 Å². The van der Waals surface area contributed by atoms with Crippen molar-refractivity contribution in [3.05, 3.63) is 83.9 Å². The molecule has 2 spiro atoms. The van der Waals surface area contributed by atoms with Crippen LogP contribution in [0.5, 0.6) is 0 Å². The molecule has 4 saturated heterocycles. The Balaban J connectivity index is 1.28. The molecule has 56 heavy (non-hydrogen) atoms. The predicted molar refractivity (Wildman–Crippen MR) is 199 cm³/mol. The maximum absolute atomic E-state index is 14.0. The molecule has 3 aliphatic carbocycles. The summed E-state index contributed by atoms with van der Waals surface area (Å²) in [7, 11) is 0. The van der Waals surface area contributed by atoms with Crippen molar-refractivity contribution in [2.24, 2.45) is 35.5 Å². The van der Waals surface area contributed by atoms with Crippen molar-refractivity contribution in [3.63, 3.8) is 0 Å². The van der Waals surface area contributed by atoms with E-state index in [0.29, 0.717) is 24.0 Å². The fraction of sp³-hybridized carbons (Fsp3) is 0.636. The van der Waals surface area contributed by atoms with Gasteiger partial charge in [-0.25, -0.2) is 9.59 Å². The van der Waals surface area contributed by atoms with E-state index in [0.717, 1.165) is 25.7 Å². The molecule has 9 rings (SSSR count). The highest BCUT2D eigenvalue weighted by Crippen LogP contribution is 2.75. The van der Waals surface area contributed by atoms with Gasteiger partial charge < -0.3 is 48.8 Å². The Labute approximate surface area is 327 Å². The minimum absolute atomic E-state index is 0.0865. The second-order valence-electron chi connectivity index (χ2n) is 17.8. The summed E-state index contributed by atoms with van der Waals surface area (Å²) in [6, 6.07) is 17.2. The zero-order valence-electron chi connectivity index (χ0n) is 32.3. The number of benzene rings is 2. The summed E-state index contributed by atoms with van der Waals surface area (Å²) in [5.74, 6) is -6.91. The normalized spacial score (nSPS) is 47.3. The molecule has 302 valence electrons. The van der Waals surface area contributed by atoms with Crippen molar-refractivity contribution in [1.29, 1.82) is 0 Å². The molecule has 0 amide bonds. The molecule has 0 radical (unpaired) electrons. The van der Waals surface area contributed by atoms with Crippen LogP contribution in [0, 0.1) is 35.5 Å². The highest BCUT2D eigenvalue weighted by atomic mass is 16.9. The lowest BCUT2D eigenvalue weighted by molar-refractivity contribution is -0.459. The van der Waals surface area contributed by atoms with E-state index in [9.17, 15) is 30.0 Å².